The Hall–Kier alpha value is -1.75. The summed E-state index contributed by atoms with van der Waals surface area (Å²) in [4.78, 5) is 25.3. The van der Waals surface area contributed by atoms with E-state index >= 15 is 0 Å². The van der Waals surface area contributed by atoms with Crippen LogP contribution in [0.4, 0.5) is 4.39 Å². The predicted molar refractivity (Wildman–Crippen MR) is 120 cm³/mol. The van der Waals surface area contributed by atoms with Crippen LogP contribution in [-0.4, -0.2) is 22.3 Å². The smallest absolute Gasteiger partial charge is 0.165 e. The van der Waals surface area contributed by atoms with Crippen LogP contribution in [0.25, 0.3) is 11.1 Å². The molecule has 0 amide bonds. The normalized spacial score (nSPS) is 22.6. The molecule has 2 aromatic carbocycles. The molecule has 0 saturated heterocycles. The average Bonchev–Trinajstić information content (AvgIpc) is 3.52. The van der Waals surface area contributed by atoms with Crippen molar-refractivity contribution in [3.63, 3.8) is 0 Å². The molecule has 164 valence electrons. The molecule has 0 heterocycles. The van der Waals surface area contributed by atoms with E-state index in [1.54, 1.807) is 30.3 Å². The Morgan fingerprint density at radius 3 is 2.42 bits per heavy atom. The lowest BCUT2D eigenvalue weighted by Crippen LogP contribution is -2.24. The second kappa shape index (κ2) is 9.01. The van der Waals surface area contributed by atoms with Gasteiger partial charge in [0.15, 0.2) is 11.6 Å². The number of halogens is 3. The molecule has 31 heavy (non-hydrogen) atoms. The zero-order valence-corrected chi connectivity index (χ0v) is 18.7. The Bertz CT molecular complexity index is 1020. The van der Waals surface area contributed by atoms with Crippen molar-refractivity contribution in [1.82, 2.24) is 0 Å². The molecule has 0 bridgehead atoms. The number of rotatable bonds is 6. The minimum absolute atomic E-state index is 0.0397. The Morgan fingerprint density at radius 2 is 1.74 bits per heavy atom. The van der Waals surface area contributed by atoms with Crippen LogP contribution < -0.4 is 0 Å². The standard InChI is InChI=1S/C25H25Cl2FO3/c26-18-7-9-20(22(28)14-18)19-8-6-17(13-21(19)27)24(30)16-3-1-2-15(4-5-16)12-23(29)25(31)10-11-25/h6-9,13-16,31H,1-5,10-12H2. The molecule has 2 atom stereocenters. The van der Waals surface area contributed by atoms with Gasteiger partial charge in [0.25, 0.3) is 0 Å². The first-order valence-electron chi connectivity index (χ1n) is 10.8. The molecule has 0 radical (unpaired) electrons. The van der Waals surface area contributed by atoms with Crippen LogP contribution in [0.15, 0.2) is 36.4 Å². The van der Waals surface area contributed by atoms with Gasteiger partial charge in [-0.15, -0.1) is 0 Å². The van der Waals surface area contributed by atoms with Gasteiger partial charge < -0.3 is 5.11 Å². The molecule has 0 spiro atoms. The number of Topliss-reactive ketones (excluding diaryl/α,β-unsaturated/α-hetero) is 2. The van der Waals surface area contributed by atoms with Crippen LogP contribution in [0.3, 0.4) is 0 Å². The molecule has 2 fully saturated rings. The van der Waals surface area contributed by atoms with Gasteiger partial charge in [0.2, 0.25) is 0 Å². The summed E-state index contributed by atoms with van der Waals surface area (Å²) in [5, 5.41) is 10.6. The molecule has 2 aliphatic rings. The number of ketones is 2. The van der Waals surface area contributed by atoms with E-state index in [-0.39, 0.29) is 23.4 Å². The van der Waals surface area contributed by atoms with Crippen LogP contribution in [0.5, 0.6) is 0 Å². The highest BCUT2D eigenvalue weighted by Gasteiger charge is 2.47. The largest absolute Gasteiger partial charge is 0.382 e. The molecular weight excluding hydrogens is 438 g/mol. The first kappa shape index (κ1) is 22.4. The SMILES string of the molecule is O=C(c1ccc(-c2ccc(Cl)cc2F)c(Cl)c1)C1CCCC(CC(=O)C2(O)CC2)CC1. The topological polar surface area (TPSA) is 54.4 Å². The summed E-state index contributed by atoms with van der Waals surface area (Å²) in [5.41, 5.74) is 0.316. The fourth-order valence-electron chi connectivity index (χ4n) is 4.52. The van der Waals surface area contributed by atoms with Gasteiger partial charge in [-0.05, 0) is 68.7 Å². The molecule has 2 aromatic rings. The van der Waals surface area contributed by atoms with Crippen LogP contribution in [0.1, 0.15) is 61.7 Å². The molecule has 4 rings (SSSR count). The Labute approximate surface area is 191 Å². The summed E-state index contributed by atoms with van der Waals surface area (Å²) in [6.45, 7) is 0. The van der Waals surface area contributed by atoms with Crippen molar-refractivity contribution in [2.75, 3.05) is 0 Å². The summed E-state index contributed by atoms with van der Waals surface area (Å²) in [6.07, 6.45) is 5.66. The van der Waals surface area contributed by atoms with Gasteiger partial charge in [-0.25, -0.2) is 4.39 Å². The summed E-state index contributed by atoms with van der Waals surface area (Å²) in [5.74, 6) is -0.349. The predicted octanol–water partition coefficient (Wildman–Crippen LogP) is 6.66. The quantitative estimate of drug-likeness (QED) is 0.385. The molecule has 0 aliphatic heterocycles. The lowest BCUT2D eigenvalue weighted by molar-refractivity contribution is -0.130. The van der Waals surface area contributed by atoms with Crippen molar-refractivity contribution in [2.45, 2.75) is 57.0 Å². The van der Waals surface area contributed by atoms with E-state index in [1.165, 1.54) is 6.07 Å². The van der Waals surface area contributed by atoms with E-state index in [0.29, 0.717) is 46.0 Å². The van der Waals surface area contributed by atoms with Crippen molar-refractivity contribution in [2.24, 2.45) is 11.8 Å². The number of carbonyl (C=O) groups excluding carboxylic acids is 2. The fraction of sp³-hybridized carbons (Fsp3) is 0.440. The summed E-state index contributed by atoms with van der Waals surface area (Å²) in [7, 11) is 0. The van der Waals surface area contributed by atoms with Gasteiger partial charge in [0, 0.05) is 39.1 Å². The van der Waals surface area contributed by atoms with E-state index in [0.717, 1.165) is 32.1 Å². The monoisotopic (exact) mass is 462 g/mol. The van der Waals surface area contributed by atoms with Crippen LogP contribution in [-0.2, 0) is 4.79 Å². The minimum Gasteiger partial charge on any atom is -0.382 e. The van der Waals surface area contributed by atoms with Gasteiger partial charge in [0.05, 0.1) is 0 Å². The third-order valence-corrected chi connectivity index (χ3v) is 7.20. The molecular formula is C25H25Cl2FO3. The fourth-order valence-corrected chi connectivity index (χ4v) is 4.97. The zero-order chi connectivity index (χ0) is 22.2. The second-order valence-electron chi connectivity index (χ2n) is 8.91. The van der Waals surface area contributed by atoms with E-state index < -0.39 is 11.4 Å². The molecule has 2 unspecified atom stereocenters. The van der Waals surface area contributed by atoms with E-state index in [9.17, 15) is 19.1 Å². The van der Waals surface area contributed by atoms with Crippen molar-refractivity contribution in [3.8, 4) is 11.1 Å². The Morgan fingerprint density at radius 1 is 1.00 bits per heavy atom. The maximum atomic E-state index is 14.3. The molecule has 1 N–H and O–H groups in total. The summed E-state index contributed by atoms with van der Waals surface area (Å²) >= 11 is 12.2. The average molecular weight is 463 g/mol. The van der Waals surface area contributed by atoms with E-state index in [1.807, 2.05) is 0 Å². The third-order valence-electron chi connectivity index (χ3n) is 6.65. The number of aliphatic hydroxyl groups is 1. The highest BCUT2D eigenvalue weighted by molar-refractivity contribution is 6.34. The lowest BCUT2D eigenvalue weighted by Gasteiger charge is -2.16. The summed E-state index contributed by atoms with van der Waals surface area (Å²) < 4.78 is 14.3. The molecule has 2 saturated carbocycles. The third kappa shape index (κ3) is 5.02. The molecule has 0 aromatic heterocycles. The number of benzene rings is 2. The van der Waals surface area contributed by atoms with Crippen molar-refractivity contribution in [3.05, 3.63) is 57.8 Å². The second-order valence-corrected chi connectivity index (χ2v) is 9.76. The first-order chi connectivity index (χ1) is 14.8. The summed E-state index contributed by atoms with van der Waals surface area (Å²) in [6, 6.07) is 9.40. The van der Waals surface area contributed by atoms with E-state index in [4.69, 9.17) is 23.2 Å². The molecule has 6 heteroatoms. The maximum absolute atomic E-state index is 14.3. The van der Waals surface area contributed by atoms with Crippen molar-refractivity contribution < 1.29 is 19.1 Å². The van der Waals surface area contributed by atoms with Crippen molar-refractivity contribution >= 4 is 34.8 Å². The van der Waals surface area contributed by atoms with Gasteiger partial charge in [0.1, 0.15) is 11.4 Å². The zero-order valence-electron chi connectivity index (χ0n) is 17.2. The number of hydrogen-bond acceptors (Lipinski definition) is 3. The molecule has 3 nitrogen and oxygen atoms in total. The van der Waals surface area contributed by atoms with Crippen LogP contribution in [0.2, 0.25) is 10.0 Å². The van der Waals surface area contributed by atoms with E-state index in [2.05, 4.69) is 0 Å². The highest BCUT2D eigenvalue weighted by atomic mass is 35.5. The highest BCUT2D eigenvalue weighted by Crippen LogP contribution is 2.40. The Balaban J connectivity index is 1.43. The maximum Gasteiger partial charge on any atom is 0.165 e. The molecule has 2 aliphatic carbocycles. The van der Waals surface area contributed by atoms with Crippen LogP contribution in [0, 0.1) is 17.7 Å². The van der Waals surface area contributed by atoms with Crippen LogP contribution >= 0.6 is 23.2 Å². The Kier molecular flexibility index (Phi) is 6.52. The lowest BCUT2D eigenvalue weighted by atomic mass is 9.88. The van der Waals surface area contributed by atoms with Gasteiger partial charge >= 0.3 is 0 Å². The van der Waals surface area contributed by atoms with Gasteiger partial charge in [-0.3, -0.25) is 9.59 Å². The first-order valence-corrected chi connectivity index (χ1v) is 11.6. The number of hydrogen-bond donors (Lipinski definition) is 1. The van der Waals surface area contributed by atoms with Gasteiger partial charge in [-0.1, -0.05) is 41.8 Å². The van der Waals surface area contributed by atoms with Crippen molar-refractivity contribution in [1.29, 1.82) is 0 Å². The van der Waals surface area contributed by atoms with Gasteiger partial charge in [-0.2, -0.15) is 0 Å². The minimum atomic E-state index is -1.07. The number of carbonyl (C=O) groups is 2.